The van der Waals surface area contributed by atoms with Crippen molar-refractivity contribution < 1.29 is 27.9 Å². The molecule has 1 N–H and O–H groups in total. The Kier molecular flexibility index (Phi) is 6.37. The highest BCUT2D eigenvalue weighted by molar-refractivity contribution is 7.99. The van der Waals surface area contributed by atoms with E-state index in [1.54, 1.807) is 0 Å². The van der Waals surface area contributed by atoms with E-state index in [1.807, 2.05) is 13.8 Å². The van der Waals surface area contributed by atoms with Gasteiger partial charge in [-0.05, 0) is 18.1 Å². The smallest absolute Gasteiger partial charge is 0.394 e. The van der Waals surface area contributed by atoms with E-state index >= 15 is 0 Å². The Hall–Kier alpha value is -0.920. The zero-order chi connectivity index (χ0) is 16.2. The lowest BCUT2D eigenvalue weighted by Gasteiger charge is -2.18. The number of halogens is 3. The molecule has 0 spiro atoms. The van der Waals surface area contributed by atoms with Crippen LogP contribution < -0.4 is 0 Å². The number of likely N-dealkylation sites (tertiary alicyclic amines) is 1. The first-order chi connectivity index (χ1) is 9.62. The van der Waals surface area contributed by atoms with E-state index in [0.717, 1.165) is 17.1 Å². The van der Waals surface area contributed by atoms with E-state index in [1.165, 1.54) is 11.8 Å². The summed E-state index contributed by atoms with van der Waals surface area (Å²) in [6, 6.07) is 0. The van der Waals surface area contributed by atoms with Gasteiger partial charge in [-0.1, -0.05) is 13.8 Å². The molecule has 0 aromatic heterocycles. The number of carbonyl (C=O) groups excluding carboxylic acids is 1. The lowest BCUT2D eigenvalue weighted by molar-refractivity contribution is -0.188. The third-order valence-electron chi connectivity index (χ3n) is 3.48. The average Bonchev–Trinajstić information content (AvgIpc) is 2.79. The summed E-state index contributed by atoms with van der Waals surface area (Å²) < 4.78 is 38.4. The Morgan fingerprint density at radius 2 is 1.95 bits per heavy atom. The fraction of sp³-hybridized carbons (Fsp3) is 0.846. The lowest BCUT2D eigenvalue weighted by atomic mass is 9.96. The molecule has 2 atom stereocenters. The third kappa shape index (κ3) is 5.41. The first-order valence-electron chi connectivity index (χ1n) is 6.78. The summed E-state index contributed by atoms with van der Waals surface area (Å²) in [5.74, 6) is -4.08. The van der Waals surface area contributed by atoms with Crippen LogP contribution in [0.25, 0.3) is 0 Å². The molecule has 0 aliphatic carbocycles. The van der Waals surface area contributed by atoms with Crippen LogP contribution in [0.1, 0.15) is 20.3 Å². The van der Waals surface area contributed by atoms with Gasteiger partial charge >= 0.3 is 12.1 Å². The second kappa shape index (κ2) is 7.38. The molecule has 1 fully saturated rings. The second-order valence-corrected chi connectivity index (χ2v) is 6.73. The maximum atomic E-state index is 12.8. The number of nitrogens with zero attached hydrogens (tertiary/aromatic N) is 1. The molecule has 0 bridgehead atoms. The second-order valence-electron chi connectivity index (χ2n) is 5.63. The zero-order valence-electron chi connectivity index (χ0n) is 12.0. The summed E-state index contributed by atoms with van der Waals surface area (Å²) in [7, 11) is 0. The summed E-state index contributed by atoms with van der Waals surface area (Å²) in [6.45, 7) is 3.19. The van der Waals surface area contributed by atoms with Gasteiger partial charge in [0.15, 0.2) is 0 Å². The van der Waals surface area contributed by atoms with Gasteiger partial charge in [-0.15, -0.1) is 0 Å². The zero-order valence-corrected chi connectivity index (χ0v) is 12.8. The summed E-state index contributed by atoms with van der Waals surface area (Å²) in [5, 5.41) is 8.88. The maximum absolute atomic E-state index is 12.8. The van der Waals surface area contributed by atoms with Gasteiger partial charge in [0, 0.05) is 13.1 Å². The molecule has 8 heteroatoms. The van der Waals surface area contributed by atoms with Crippen LogP contribution in [0.3, 0.4) is 0 Å². The number of aliphatic carboxylic acids is 1. The first-order valence-corrected chi connectivity index (χ1v) is 7.93. The molecule has 0 radical (unpaired) electrons. The minimum absolute atomic E-state index is 0.101. The Morgan fingerprint density at radius 3 is 2.38 bits per heavy atom. The van der Waals surface area contributed by atoms with Crippen LogP contribution in [0.2, 0.25) is 0 Å². The topological polar surface area (TPSA) is 57.6 Å². The highest BCUT2D eigenvalue weighted by Gasteiger charge is 2.53. The highest BCUT2D eigenvalue weighted by Crippen LogP contribution is 2.37. The highest BCUT2D eigenvalue weighted by atomic mass is 32.2. The van der Waals surface area contributed by atoms with Crippen LogP contribution in [0.4, 0.5) is 13.2 Å². The Balaban J connectivity index is 2.53. The molecular weight excluding hydrogens is 307 g/mol. The molecular formula is C13H20F3NO3S. The number of carboxylic acid groups (broad SMARTS) is 1. The molecule has 122 valence electrons. The molecule has 1 saturated heterocycles. The first kappa shape index (κ1) is 18.1. The summed E-state index contributed by atoms with van der Waals surface area (Å²) in [6.07, 6.45) is -3.66. The number of carboxylic acids is 1. The number of thioether (sulfide) groups is 1. The number of amides is 1. The van der Waals surface area contributed by atoms with E-state index in [4.69, 9.17) is 5.11 Å². The molecule has 0 saturated carbocycles. The minimum atomic E-state index is -4.59. The van der Waals surface area contributed by atoms with Crippen molar-refractivity contribution in [2.24, 2.45) is 17.8 Å². The quantitative estimate of drug-likeness (QED) is 0.762. The summed E-state index contributed by atoms with van der Waals surface area (Å²) in [5.41, 5.74) is 0. The Morgan fingerprint density at radius 1 is 1.33 bits per heavy atom. The minimum Gasteiger partial charge on any atom is -0.481 e. The predicted octanol–water partition coefficient (Wildman–Crippen LogP) is 2.49. The number of hydrogen-bond donors (Lipinski definition) is 1. The molecule has 0 aromatic carbocycles. The fourth-order valence-electron chi connectivity index (χ4n) is 2.16. The molecule has 0 aromatic rings. The van der Waals surface area contributed by atoms with Crippen LogP contribution in [-0.2, 0) is 9.59 Å². The van der Waals surface area contributed by atoms with Crippen molar-refractivity contribution in [2.45, 2.75) is 26.4 Å². The Labute approximate surface area is 126 Å². The van der Waals surface area contributed by atoms with Gasteiger partial charge in [-0.3, -0.25) is 9.59 Å². The number of hydrogen-bond acceptors (Lipinski definition) is 3. The van der Waals surface area contributed by atoms with Gasteiger partial charge in [0.25, 0.3) is 0 Å². The van der Waals surface area contributed by atoms with Crippen LogP contribution in [-0.4, -0.2) is 52.7 Å². The van der Waals surface area contributed by atoms with E-state index < -0.39 is 36.4 Å². The summed E-state index contributed by atoms with van der Waals surface area (Å²) in [4.78, 5) is 23.8. The van der Waals surface area contributed by atoms with Crippen LogP contribution in [0.15, 0.2) is 0 Å². The van der Waals surface area contributed by atoms with Crippen LogP contribution >= 0.6 is 11.8 Å². The fourth-order valence-corrected chi connectivity index (χ4v) is 3.30. The van der Waals surface area contributed by atoms with Gasteiger partial charge in [0.05, 0.1) is 17.6 Å². The van der Waals surface area contributed by atoms with Crippen molar-refractivity contribution in [2.75, 3.05) is 24.6 Å². The van der Waals surface area contributed by atoms with Crippen molar-refractivity contribution in [3.8, 4) is 0 Å². The molecule has 1 amide bonds. The molecule has 1 aliphatic heterocycles. The van der Waals surface area contributed by atoms with Crippen molar-refractivity contribution in [3.63, 3.8) is 0 Å². The number of rotatable bonds is 6. The Bertz CT molecular complexity index is 387. The molecule has 1 rings (SSSR count). The van der Waals surface area contributed by atoms with Gasteiger partial charge in [-0.2, -0.15) is 24.9 Å². The maximum Gasteiger partial charge on any atom is 0.394 e. The number of carbonyl (C=O) groups is 2. The van der Waals surface area contributed by atoms with E-state index in [0.29, 0.717) is 5.92 Å². The normalized spacial score (nSPS) is 22.9. The lowest BCUT2D eigenvalue weighted by Crippen LogP contribution is -2.34. The molecule has 1 heterocycles. The van der Waals surface area contributed by atoms with Gasteiger partial charge in [0.1, 0.15) is 0 Å². The van der Waals surface area contributed by atoms with Crippen molar-refractivity contribution in [3.05, 3.63) is 0 Å². The predicted molar refractivity (Wildman–Crippen MR) is 74.0 cm³/mol. The number of alkyl halides is 3. The standard InChI is InChI=1S/C13H20F3NO3S/c1-8(2)3-4-21-7-11(18)17-5-9(12(19)20)10(6-17)13(14,15)16/h8-10H,3-7H2,1-2H3,(H,19,20)/t9-,10-/m1/s1. The van der Waals surface area contributed by atoms with Crippen molar-refractivity contribution in [1.82, 2.24) is 4.90 Å². The van der Waals surface area contributed by atoms with Crippen molar-refractivity contribution in [1.29, 1.82) is 0 Å². The largest absolute Gasteiger partial charge is 0.481 e. The monoisotopic (exact) mass is 327 g/mol. The van der Waals surface area contributed by atoms with E-state index in [-0.39, 0.29) is 12.3 Å². The molecule has 1 aliphatic rings. The van der Waals surface area contributed by atoms with Gasteiger partial charge < -0.3 is 10.0 Å². The summed E-state index contributed by atoms with van der Waals surface area (Å²) >= 11 is 1.37. The third-order valence-corrected chi connectivity index (χ3v) is 4.45. The molecule has 4 nitrogen and oxygen atoms in total. The van der Waals surface area contributed by atoms with Gasteiger partial charge in [-0.25, -0.2) is 0 Å². The SMILES string of the molecule is CC(C)CCSCC(=O)N1C[C@@H](C(F)(F)F)[C@H](C(=O)O)C1. The van der Waals surface area contributed by atoms with Crippen LogP contribution in [0.5, 0.6) is 0 Å². The van der Waals surface area contributed by atoms with Gasteiger partial charge in [0.2, 0.25) is 5.91 Å². The molecule has 21 heavy (non-hydrogen) atoms. The van der Waals surface area contributed by atoms with Crippen molar-refractivity contribution >= 4 is 23.6 Å². The molecule has 0 unspecified atom stereocenters. The average molecular weight is 327 g/mol. The van der Waals surface area contributed by atoms with Crippen LogP contribution in [0, 0.1) is 17.8 Å². The van der Waals surface area contributed by atoms with E-state index in [2.05, 4.69) is 0 Å². The van der Waals surface area contributed by atoms with E-state index in [9.17, 15) is 22.8 Å².